The fraction of sp³-hybridized carbons (Fsp3) is 0.667. The third-order valence-electron chi connectivity index (χ3n) is 4.73. The van der Waals surface area contributed by atoms with E-state index in [9.17, 15) is 4.79 Å². The van der Waals surface area contributed by atoms with E-state index in [1.807, 2.05) is 0 Å². The summed E-state index contributed by atoms with van der Waals surface area (Å²) in [4.78, 5) is 12.2. The Morgan fingerprint density at radius 1 is 1.47 bits per heavy atom. The highest BCUT2D eigenvalue weighted by atomic mass is 16.5. The van der Waals surface area contributed by atoms with Crippen LogP contribution >= 0.6 is 0 Å². The maximum atomic E-state index is 12.2. The summed E-state index contributed by atoms with van der Waals surface area (Å²) in [7, 11) is 0. The smallest absolute Gasteiger partial charge is 0.147 e. The monoisotopic (exact) mass is 232 g/mol. The van der Waals surface area contributed by atoms with Crippen molar-refractivity contribution in [2.24, 2.45) is 5.41 Å². The van der Waals surface area contributed by atoms with E-state index in [4.69, 9.17) is 4.74 Å². The van der Waals surface area contributed by atoms with Crippen molar-refractivity contribution in [3.05, 3.63) is 23.0 Å². The number of carbonyl (C=O) groups excluding carboxylic acids is 1. The molecule has 1 unspecified atom stereocenters. The largest absolute Gasteiger partial charge is 0.495 e. The molecule has 0 amide bonds. The van der Waals surface area contributed by atoms with Gasteiger partial charge in [-0.1, -0.05) is 13.0 Å². The first kappa shape index (κ1) is 11.1. The van der Waals surface area contributed by atoms with Crippen LogP contribution < -0.4 is 0 Å². The van der Waals surface area contributed by atoms with E-state index in [2.05, 4.69) is 19.9 Å². The number of hydrogen-bond donors (Lipinski definition) is 0. The Bertz CT molecular complexity index is 430. The van der Waals surface area contributed by atoms with Crippen molar-refractivity contribution in [3.8, 4) is 0 Å². The van der Waals surface area contributed by atoms with E-state index in [-0.39, 0.29) is 5.41 Å². The van der Waals surface area contributed by atoms with E-state index in [1.54, 1.807) is 0 Å². The summed E-state index contributed by atoms with van der Waals surface area (Å²) in [6.07, 6.45) is 8.19. The second-order valence-corrected chi connectivity index (χ2v) is 5.55. The van der Waals surface area contributed by atoms with Crippen LogP contribution in [0.15, 0.2) is 23.0 Å². The summed E-state index contributed by atoms with van der Waals surface area (Å²) in [5.41, 5.74) is 2.53. The number of hydrogen-bond acceptors (Lipinski definition) is 2. The van der Waals surface area contributed by atoms with Crippen molar-refractivity contribution in [2.45, 2.75) is 58.5 Å². The van der Waals surface area contributed by atoms with Gasteiger partial charge >= 0.3 is 0 Å². The summed E-state index contributed by atoms with van der Waals surface area (Å²) in [6.45, 7) is 4.29. The normalized spacial score (nSPS) is 36.2. The number of allylic oxidation sites excluding steroid dienone is 4. The first-order valence-electron chi connectivity index (χ1n) is 6.80. The summed E-state index contributed by atoms with van der Waals surface area (Å²) < 4.78 is 5.95. The van der Waals surface area contributed by atoms with Gasteiger partial charge in [-0.05, 0) is 43.8 Å². The van der Waals surface area contributed by atoms with Crippen molar-refractivity contribution in [3.63, 3.8) is 0 Å². The van der Waals surface area contributed by atoms with Crippen LogP contribution in [0.4, 0.5) is 0 Å². The second kappa shape index (κ2) is 3.72. The molecular weight excluding hydrogens is 212 g/mol. The van der Waals surface area contributed by atoms with Crippen LogP contribution in [-0.4, -0.2) is 11.9 Å². The van der Waals surface area contributed by atoms with Gasteiger partial charge in [0.25, 0.3) is 0 Å². The Balaban J connectivity index is 2.03. The molecule has 0 saturated carbocycles. The molecular formula is C15H20O2. The van der Waals surface area contributed by atoms with Gasteiger partial charge < -0.3 is 4.74 Å². The van der Waals surface area contributed by atoms with Crippen LogP contribution in [0.1, 0.15) is 52.4 Å². The van der Waals surface area contributed by atoms with Crippen molar-refractivity contribution < 1.29 is 9.53 Å². The molecule has 3 rings (SSSR count). The third kappa shape index (κ3) is 1.42. The lowest BCUT2D eigenvalue weighted by molar-refractivity contribution is -0.125. The number of Topliss-reactive ketones (excluding diaryl/α,β-unsaturated/α-hetero) is 1. The average Bonchev–Trinajstić information content (AvgIpc) is 2.67. The van der Waals surface area contributed by atoms with E-state index in [1.165, 1.54) is 16.9 Å². The predicted octanol–water partition coefficient (Wildman–Crippen LogP) is 3.53. The van der Waals surface area contributed by atoms with E-state index in [0.29, 0.717) is 18.3 Å². The van der Waals surface area contributed by atoms with Gasteiger partial charge in [-0.2, -0.15) is 0 Å². The summed E-state index contributed by atoms with van der Waals surface area (Å²) >= 11 is 0. The fourth-order valence-electron chi connectivity index (χ4n) is 3.67. The van der Waals surface area contributed by atoms with Crippen LogP contribution in [0.2, 0.25) is 0 Å². The minimum Gasteiger partial charge on any atom is -0.495 e. The van der Waals surface area contributed by atoms with E-state index >= 15 is 0 Å². The molecule has 2 aliphatic carbocycles. The molecule has 0 bridgehead atoms. The first-order valence-corrected chi connectivity index (χ1v) is 6.80. The molecule has 1 aliphatic heterocycles. The molecule has 3 aliphatic rings. The van der Waals surface area contributed by atoms with E-state index < -0.39 is 0 Å². The lowest BCUT2D eigenvalue weighted by Gasteiger charge is -2.39. The summed E-state index contributed by atoms with van der Waals surface area (Å²) in [5, 5.41) is 0. The zero-order chi connectivity index (χ0) is 12.0. The van der Waals surface area contributed by atoms with Crippen LogP contribution in [0.25, 0.3) is 0 Å². The maximum Gasteiger partial charge on any atom is 0.147 e. The van der Waals surface area contributed by atoms with Crippen LogP contribution in [0, 0.1) is 5.41 Å². The molecule has 0 radical (unpaired) electrons. The fourth-order valence-corrected chi connectivity index (χ4v) is 3.67. The lowest BCUT2D eigenvalue weighted by Crippen LogP contribution is -2.34. The minimum absolute atomic E-state index is 0.150. The van der Waals surface area contributed by atoms with Crippen molar-refractivity contribution in [1.29, 1.82) is 0 Å². The van der Waals surface area contributed by atoms with Gasteiger partial charge in [0.15, 0.2) is 0 Å². The maximum absolute atomic E-state index is 12.2. The molecule has 0 aromatic carbocycles. The summed E-state index contributed by atoms with van der Waals surface area (Å²) in [5.74, 6) is 1.61. The molecule has 92 valence electrons. The number of ether oxygens (including phenoxy) is 1. The van der Waals surface area contributed by atoms with Gasteiger partial charge in [0, 0.05) is 12.8 Å². The standard InChI is InChI=1S/C15H20O2/c1-3-15-9-8-13-11(5-4-10(2)17-13)12(15)6-7-14(15)16/h6,10H,3-5,7-9H2,1-2H3/t10?,15-/m1/s1. The highest BCUT2D eigenvalue weighted by molar-refractivity contribution is 5.94. The Labute approximate surface area is 103 Å². The molecule has 1 heterocycles. The lowest BCUT2D eigenvalue weighted by atomic mass is 9.67. The Hall–Kier alpha value is -1.05. The topological polar surface area (TPSA) is 26.3 Å². The quantitative estimate of drug-likeness (QED) is 0.691. The van der Waals surface area contributed by atoms with Gasteiger partial charge in [-0.3, -0.25) is 4.79 Å². The third-order valence-corrected chi connectivity index (χ3v) is 4.73. The predicted molar refractivity (Wildman–Crippen MR) is 66.5 cm³/mol. The average molecular weight is 232 g/mol. The minimum atomic E-state index is -0.150. The van der Waals surface area contributed by atoms with E-state index in [0.717, 1.165) is 32.1 Å². The van der Waals surface area contributed by atoms with Crippen LogP contribution in [0.5, 0.6) is 0 Å². The highest BCUT2D eigenvalue weighted by Crippen LogP contribution is 2.53. The molecule has 0 spiro atoms. The zero-order valence-corrected chi connectivity index (χ0v) is 10.7. The molecule has 2 heteroatoms. The molecule has 0 saturated heterocycles. The summed E-state index contributed by atoms with van der Waals surface area (Å²) in [6, 6.07) is 0. The Morgan fingerprint density at radius 3 is 3.06 bits per heavy atom. The first-order chi connectivity index (χ1) is 8.17. The second-order valence-electron chi connectivity index (χ2n) is 5.55. The molecule has 0 aromatic rings. The van der Waals surface area contributed by atoms with Gasteiger partial charge in [-0.15, -0.1) is 0 Å². The molecule has 0 aromatic heterocycles. The number of carbonyl (C=O) groups is 1. The van der Waals surface area contributed by atoms with Crippen LogP contribution in [-0.2, 0) is 9.53 Å². The zero-order valence-electron chi connectivity index (χ0n) is 10.7. The van der Waals surface area contributed by atoms with Crippen molar-refractivity contribution >= 4 is 5.78 Å². The molecule has 2 atom stereocenters. The van der Waals surface area contributed by atoms with Gasteiger partial charge in [0.05, 0.1) is 17.3 Å². The Kier molecular flexibility index (Phi) is 2.42. The number of ketones is 1. The molecule has 0 N–H and O–H groups in total. The van der Waals surface area contributed by atoms with Gasteiger partial charge in [-0.25, -0.2) is 0 Å². The van der Waals surface area contributed by atoms with Crippen molar-refractivity contribution in [1.82, 2.24) is 0 Å². The number of rotatable bonds is 1. The van der Waals surface area contributed by atoms with Crippen molar-refractivity contribution in [2.75, 3.05) is 0 Å². The Morgan fingerprint density at radius 2 is 2.29 bits per heavy atom. The SMILES string of the molecule is CC[C@@]12CCC3=C(CCC(C)O3)C1=CCC2=O. The molecule has 0 fully saturated rings. The van der Waals surface area contributed by atoms with Crippen LogP contribution in [0.3, 0.4) is 0 Å². The molecule has 17 heavy (non-hydrogen) atoms. The highest BCUT2D eigenvalue weighted by Gasteiger charge is 2.48. The number of fused-ring (bicyclic) bond motifs is 2. The van der Waals surface area contributed by atoms with Gasteiger partial charge in [0.2, 0.25) is 0 Å². The molecule has 2 nitrogen and oxygen atoms in total. The van der Waals surface area contributed by atoms with Gasteiger partial charge in [0.1, 0.15) is 5.78 Å².